The fourth-order valence-electron chi connectivity index (χ4n) is 2.74. The van der Waals surface area contributed by atoms with Gasteiger partial charge in [0.2, 0.25) is 0 Å². The number of carbonyl (C=O) groups excluding carboxylic acids is 2. The van der Waals surface area contributed by atoms with Crippen LogP contribution in [0, 0.1) is 5.82 Å². The van der Waals surface area contributed by atoms with Crippen molar-refractivity contribution in [3.8, 4) is 5.75 Å². The van der Waals surface area contributed by atoms with E-state index in [1.165, 1.54) is 5.32 Å². The maximum absolute atomic E-state index is 15.3. The summed E-state index contributed by atoms with van der Waals surface area (Å²) < 4.78 is 59.1. The van der Waals surface area contributed by atoms with Crippen LogP contribution in [0.4, 0.5) is 28.0 Å². The number of nitrogens with one attached hydrogen (secondary N) is 2. The maximum atomic E-state index is 15.3. The quantitative estimate of drug-likeness (QED) is 0.394. The Kier molecular flexibility index (Phi) is 7.94. The standard InChI is InChI=1S/C21H18F4N2O5/c1-2-13-8-16(32-11-12-6-4-3-5-7-12)18(27-19(29)21(23,24)25)17(22)15(13)9-14(10-28)26-20(30)31/h2-8,10,14,26H,1,9,11H2,(H,27,29)(H,30,31)/t14-/m0/s1. The van der Waals surface area contributed by atoms with Crippen molar-refractivity contribution < 1.29 is 41.8 Å². The highest BCUT2D eigenvalue weighted by molar-refractivity contribution is 5.96. The van der Waals surface area contributed by atoms with Gasteiger partial charge in [0.1, 0.15) is 24.3 Å². The van der Waals surface area contributed by atoms with Gasteiger partial charge in [0.05, 0.1) is 6.04 Å². The number of benzene rings is 2. The van der Waals surface area contributed by atoms with Gasteiger partial charge in [0.15, 0.2) is 5.82 Å². The molecule has 170 valence electrons. The smallest absolute Gasteiger partial charge is 0.471 e. The number of ether oxygens (including phenoxy) is 1. The number of hydrogen-bond donors (Lipinski definition) is 3. The van der Waals surface area contributed by atoms with E-state index in [1.54, 1.807) is 30.3 Å². The molecule has 3 N–H and O–H groups in total. The molecule has 0 spiro atoms. The Balaban J connectivity index is 2.52. The molecule has 0 saturated carbocycles. The van der Waals surface area contributed by atoms with Crippen LogP contribution in [-0.2, 0) is 22.6 Å². The lowest BCUT2D eigenvalue weighted by molar-refractivity contribution is -0.167. The van der Waals surface area contributed by atoms with E-state index < -0.39 is 47.9 Å². The first-order valence-electron chi connectivity index (χ1n) is 9.04. The summed E-state index contributed by atoms with van der Waals surface area (Å²) in [4.78, 5) is 33.4. The maximum Gasteiger partial charge on any atom is 0.471 e. The highest BCUT2D eigenvalue weighted by atomic mass is 19.4. The van der Waals surface area contributed by atoms with E-state index in [2.05, 4.69) is 6.58 Å². The Hall–Kier alpha value is -3.89. The summed E-state index contributed by atoms with van der Waals surface area (Å²) in [6, 6.07) is 8.19. The molecule has 2 amide bonds. The van der Waals surface area contributed by atoms with Crippen molar-refractivity contribution in [2.45, 2.75) is 25.2 Å². The molecule has 32 heavy (non-hydrogen) atoms. The third-order valence-electron chi connectivity index (χ3n) is 4.22. The lowest BCUT2D eigenvalue weighted by atomic mass is 9.98. The molecule has 0 radical (unpaired) electrons. The fourth-order valence-corrected chi connectivity index (χ4v) is 2.74. The van der Waals surface area contributed by atoms with Crippen molar-refractivity contribution in [1.82, 2.24) is 5.32 Å². The normalized spacial score (nSPS) is 11.9. The minimum absolute atomic E-state index is 0.0367. The number of amides is 2. The van der Waals surface area contributed by atoms with E-state index in [1.807, 2.05) is 5.32 Å². The van der Waals surface area contributed by atoms with E-state index in [0.717, 1.165) is 12.1 Å². The first-order chi connectivity index (χ1) is 15.1. The van der Waals surface area contributed by atoms with Crippen LogP contribution in [-0.4, -0.2) is 35.6 Å². The first-order valence-corrected chi connectivity index (χ1v) is 9.04. The summed E-state index contributed by atoms with van der Waals surface area (Å²) in [6.07, 6.45) is -6.05. The van der Waals surface area contributed by atoms with Crippen LogP contribution in [0.15, 0.2) is 43.0 Å². The van der Waals surface area contributed by atoms with Crippen molar-refractivity contribution in [2.75, 3.05) is 5.32 Å². The van der Waals surface area contributed by atoms with Crippen LogP contribution in [0.3, 0.4) is 0 Å². The Morgan fingerprint density at radius 2 is 1.88 bits per heavy atom. The molecule has 0 aliphatic heterocycles. The molecule has 2 rings (SSSR count). The zero-order valence-corrected chi connectivity index (χ0v) is 16.4. The SMILES string of the molecule is C=Cc1cc(OCc2ccccc2)c(NC(=O)C(F)(F)F)c(F)c1C[C@@H](C=O)NC(=O)O. The van der Waals surface area contributed by atoms with Crippen LogP contribution < -0.4 is 15.4 Å². The second-order valence-corrected chi connectivity index (χ2v) is 6.46. The summed E-state index contributed by atoms with van der Waals surface area (Å²) in [5.74, 6) is -4.16. The number of alkyl halides is 3. The third kappa shape index (κ3) is 6.30. The summed E-state index contributed by atoms with van der Waals surface area (Å²) in [5.41, 5.74) is -0.578. The predicted molar refractivity (Wildman–Crippen MR) is 107 cm³/mol. The fraction of sp³-hybridized carbons (Fsp3) is 0.190. The van der Waals surface area contributed by atoms with Gasteiger partial charge in [0, 0.05) is 6.42 Å². The minimum atomic E-state index is -5.31. The van der Waals surface area contributed by atoms with Crippen LogP contribution in [0.5, 0.6) is 5.75 Å². The number of hydrogen-bond acceptors (Lipinski definition) is 4. The largest absolute Gasteiger partial charge is 0.487 e. The van der Waals surface area contributed by atoms with E-state index in [4.69, 9.17) is 9.84 Å². The van der Waals surface area contributed by atoms with Gasteiger partial charge >= 0.3 is 18.2 Å². The molecule has 0 bridgehead atoms. The Morgan fingerprint density at radius 1 is 1.22 bits per heavy atom. The summed E-state index contributed by atoms with van der Waals surface area (Å²) in [6.45, 7) is 3.35. The second kappa shape index (κ2) is 10.4. The minimum Gasteiger partial charge on any atom is -0.487 e. The van der Waals surface area contributed by atoms with Gasteiger partial charge in [-0.2, -0.15) is 13.2 Å². The van der Waals surface area contributed by atoms with E-state index in [0.29, 0.717) is 5.56 Å². The highest BCUT2D eigenvalue weighted by Crippen LogP contribution is 2.36. The predicted octanol–water partition coefficient (Wildman–Crippen LogP) is 3.93. The molecule has 0 aliphatic rings. The number of anilines is 1. The zero-order valence-electron chi connectivity index (χ0n) is 16.4. The highest BCUT2D eigenvalue weighted by Gasteiger charge is 2.40. The van der Waals surface area contributed by atoms with Crippen LogP contribution >= 0.6 is 0 Å². The van der Waals surface area contributed by atoms with Crippen LogP contribution in [0.2, 0.25) is 0 Å². The summed E-state index contributed by atoms with van der Waals surface area (Å²) >= 11 is 0. The molecule has 1 atom stereocenters. The number of carbonyl (C=O) groups is 3. The summed E-state index contributed by atoms with van der Waals surface area (Å²) in [7, 11) is 0. The van der Waals surface area contributed by atoms with Crippen molar-refractivity contribution >= 4 is 30.0 Å². The van der Waals surface area contributed by atoms with E-state index in [9.17, 15) is 27.6 Å². The van der Waals surface area contributed by atoms with Gasteiger partial charge < -0.3 is 25.3 Å². The second-order valence-electron chi connectivity index (χ2n) is 6.46. The molecular weight excluding hydrogens is 436 g/mol. The van der Waals surface area contributed by atoms with E-state index in [-0.39, 0.29) is 24.0 Å². The molecule has 7 nitrogen and oxygen atoms in total. The Labute approximate surface area is 179 Å². The molecule has 11 heteroatoms. The van der Waals surface area contributed by atoms with Crippen molar-refractivity contribution in [2.24, 2.45) is 0 Å². The molecular formula is C21H18F4N2O5. The van der Waals surface area contributed by atoms with Crippen molar-refractivity contribution in [1.29, 1.82) is 0 Å². The van der Waals surface area contributed by atoms with Crippen molar-refractivity contribution in [3.05, 3.63) is 65.5 Å². The molecule has 0 fully saturated rings. The van der Waals surface area contributed by atoms with Crippen molar-refractivity contribution in [3.63, 3.8) is 0 Å². The van der Waals surface area contributed by atoms with E-state index >= 15 is 4.39 Å². The molecule has 2 aromatic carbocycles. The number of halogens is 4. The van der Waals surface area contributed by atoms with Gasteiger partial charge in [-0.3, -0.25) is 4.79 Å². The lowest BCUT2D eigenvalue weighted by Crippen LogP contribution is -2.37. The van der Waals surface area contributed by atoms with Gasteiger partial charge in [-0.25, -0.2) is 9.18 Å². The number of aldehydes is 1. The van der Waals surface area contributed by atoms with Crippen LogP contribution in [0.25, 0.3) is 6.08 Å². The van der Waals surface area contributed by atoms with Gasteiger partial charge in [-0.05, 0) is 22.8 Å². The Bertz CT molecular complexity index is 1010. The molecule has 2 aromatic rings. The summed E-state index contributed by atoms with van der Waals surface area (Å²) in [5, 5.41) is 12.1. The average molecular weight is 454 g/mol. The molecule has 0 aromatic heterocycles. The number of rotatable bonds is 9. The monoisotopic (exact) mass is 454 g/mol. The lowest BCUT2D eigenvalue weighted by Gasteiger charge is -2.20. The molecule has 0 unspecified atom stereocenters. The van der Waals surface area contributed by atoms with Crippen LogP contribution in [0.1, 0.15) is 16.7 Å². The third-order valence-corrected chi connectivity index (χ3v) is 4.22. The topological polar surface area (TPSA) is 105 Å². The first kappa shape index (κ1) is 24.4. The molecule has 0 heterocycles. The molecule has 0 aliphatic carbocycles. The zero-order chi connectivity index (χ0) is 23.9. The molecule has 0 saturated heterocycles. The number of carboxylic acid groups (broad SMARTS) is 1. The van der Waals surface area contributed by atoms with Gasteiger partial charge in [0.25, 0.3) is 0 Å². The Morgan fingerprint density at radius 3 is 2.41 bits per heavy atom. The van der Waals surface area contributed by atoms with Gasteiger partial charge in [-0.15, -0.1) is 0 Å². The average Bonchev–Trinajstić information content (AvgIpc) is 2.74. The van der Waals surface area contributed by atoms with Gasteiger partial charge in [-0.1, -0.05) is 43.0 Å².